The standard InChI is InChI=1S/C27H33N3O3S/c1-29(34(31,32)21-22-11-5-3-6-12-22)25-15-16-26(33-2)23(19-25)20-27(17-9-10-18-30(27)28)24-13-7-4-8-14-24/h3-8,11-16,19H,9-10,17-18,20-21,28H2,1-2H3. The molecule has 180 valence electrons. The normalized spacial score (nSPS) is 19.0. The van der Waals surface area contributed by atoms with Crippen molar-refractivity contribution >= 4 is 15.7 Å². The molecule has 3 aromatic carbocycles. The van der Waals surface area contributed by atoms with E-state index in [4.69, 9.17) is 10.6 Å². The van der Waals surface area contributed by atoms with Gasteiger partial charge in [-0.1, -0.05) is 60.7 Å². The lowest BCUT2D eigenvalue weighted by atomic mass is 9.77. The van der Waals surface area contributed by atoms with E-state index in [-0.39, 0.29) is 11.3 Å². The highest BCUT2D eigenvalue weighted by molar-refractivity contribution is 7.92. The minimum absolute atomic E-state index is 0.0593. The number of hydrogen-bond acceptors (Lipinski definition) is 5. The van der Waals surface area contributed by atoms with Crippen LogP contribution in [0.4, 0.5) is 5.69 Å². The average molecular weight is 480 g/mol. The first-order valence-corrected chi connectivity index (χ1v) is 13.2. The summed E-state index contributed by atoms with van der Waals surface area (Å²) in [7, 11) is -0.309. The van der Waals surface area contributed by atoms with E-state index in [2.05, 4.69) is 12.1 Å². The fraction of sp³-hybridized carbons (Fsp3) is 0.333. The van der Waals surface area contributed by atoms with Gasteiger partial charge in [-0.25, -0.2) is 13.4 Å². The van der Waals surface area contributed by atoms with Gasteiger partial charge in [-0.05, 0) is 60.6 Å². The third-order valence-corrected chi connectivity index (χ3v) is 8.56. The number of nitrogens with zero attached hydrogens (tertiary/aromatic N) is 2. The van der Waals surface area contributed by atoms with E-state index in [0.29, 0.717) is 12.1 Å². The second-order valence-electron chi connectivity index (χ2n) is 8.93. The molecule has 0 bridgehead atoms. The molecule has 1 unspecified atom stereocenters. The summed E-state index contributed by atoms with van der Waals surface area (Å²) in [5, 5.41) is 1.95. The van der Waals surface area contributed by atoms with Gasteiger partial charge in [0.2, 0.25) is 10.0 Å². The largest absolute Gasteiger partial charge is 0.496 e. The minimum Gasteiger partial charge on any atom is -0.496 e. The SMILES string of the molecule is COc1ccc(N(C)S(=O)(=O)Cc2ccccc2)cc1CC1(c2ccccc2)CCCCN1N. The maximum absolute atomic E-state index is 13.2. The van der Waals surface area contributed by atoms with Gasteiger partial charge in [-0.15, -0.1) is 0 Å². The summed E-state index contributed by atoms with van der Waals surface area (Å²) in [4.78, 5) is 0. The highest BCUT2D eigenvalue weighted by atomic mass is 32.2. The molecule has 6 nitrogen and oxygen atoms in total. The average Bonchev–Trinajstić information content (AvgIpc) is 2.86. The van der Waals surface area contributed by atoms with Crippen LogP contribution < -0.4 is 14.9 Å². The molecule has 0 spiro atoms. The zero-order valence-electron chi connectivity index (χ0n) is 19.9. The Kier molecular flexibility index (Phi) is 7.26. The van der Waals surface area contributed by atoms with Gasteiger partial charge in [0, 0.05) is 13.6 Å². The van der Waals surface area contributed by atoms with Crippen LogP contribution in [0.25, 0.3) is 0 Å². The second-order valence-corrected chi connectivity index (χ2v) is 10.9. The van der Waals surface area contributed by atoms with Crippen molar-refractivity contribution < 1.29 is 13.2 Å². The van der Waals surface area contributed by atoms with Gasteiger partial charge < -0.3 is 4.74 Å². The fourth-order valence-electron chi connectivity index (χ4n) is 4.86. The van der Waals surface area contributed by atoms with Crippen LogP contribution in [0.5, 0.6) is 5.75 Å². The molecule has 1 heterocycles. The van der Waals surface area contributed by atoms with Crippen molar-refractivity contribution in [2.24, 2.45) is 5.84 Å². The summed E-state index contributed by atoms with van der Waals surface area (Å²) in [6.07, 6.45) is 3.68. The molecule has 7 heteroatoms. The van der Waals surface area contributed by atoms with Gasteiger partial charge in [0.25, 0.3) is 0 Å². The molecule has 0 amide bonds. The number of rotatable bonds is 8. The molecule has 1 fully saturated rings. The van der Waals surface area contributed by atoms with E-state index >= 15 is 0 Å². The zero-order chi connectivity index (χ0) is 24.2. The fourth-order valence-corrected chi connectivity index (χ4v) is 6.11. The van der Waals surface area contributed by atoms with Gasteiger partial charge in [0.05, 0.1) is 24.1 Å². The quantitative estimate of drug-likeness (QED) is 0.483. The second kappa shape index (κ2) is 10.2. The van der Waals surface area contributed by atoms with Crippen molar-refractivity contribution in [3.05, 3.63) is 95.6 Å². The van der Waals surface area contributed by atoms with Gasteiger partial charge in [-0.3, -0.25) is 10.1 Å². The van der Waals surface area contributed by atoms with E-state index in [1.54, 1.807) is 20.2 Å². The van der Waals surface area contributed by atoms with Crippen LogP contribution in [0.1, 0.15) is 36.0 Å². The molecule has 0 saturated carbocycles. The summed E-state index contributed by atoms with van der Waals surface area (Å²) < 4.78 is 33.4. The number of hydrazine groups is 1. The maximum Gasteiger partial charge on any atom is 0.239 e. The third-order valence-electron chi connectivity index (χ3n) is 6.82. The highest BCUT2D eigenvalue weighted by Crippen LogP contribution is 2.41. The smallest absolute Gasteiger partial charge is 0.239 e. The predicted octanol–water partition coefficient (Wildman–Crippen LogP) is 4.46. The molecule has 0 radical (unpaired) electrons. The molecule has 1 aliphatic rings. The number of sulfonamides is 1. The number of piperidine rings is 1. The van der Waals surface area contributed by atoms with E-state index in [1.165, 1.54) is 4.31 Å². The van der Waals surface area contributed by atoms with Crippen molar-refractivity contribution in [3.8, 4) is 5.75 Å². The van der Waals surface area contributed by atoms with Crippen LogP contribution in [0, 0.1) is 0 Å². The number of benzene rings is 3. The van der Waals surface area contributed by atoms with E-state index in [0.717, 1.165) is 48.2 Å². The third kappa shape index (κ3) is 4.97. The number of anilines is 1. The number of methoxy groups -OCH3 is 1. The minimum atomic E-state index is -3.56. The molecule has 4 rings (SSSR count). The van der Waals surface area contributed by atoms with Crippen LogP contribution in [0.15, 0.2) is 78.9 Å². The van der Waals surface area contributed by atoms with Crippen LogP contribution in [-0.4, -0.2) is 34.1 Å². The van der Waals surface area contributed by atoms with Crippen molar-refractivity contribution in [2.45, 2.75) is 37.0 Å². The maximum atomic E-state index is 13.2. The first-order valence-electron chi connectivity index (χ1n) is 11.6. The molecular formula is C27H33N3O3S. The Morgan fingerprint density at radius 1 is 1.00 bits per heavy atom. The van der Waals surface area contributed by atoms with Crippen molar-refractivity contribution in [1.29, 1.82) is 0 Å². The van der Waals surface area contributed by atoms with Gasteiger partial charge in [0.1, 0.15) is 5.75 Å². The van der Waals surface area contributed by atoms with Crippen LogP contribution >= 0.6 is 0 Å². The molecule has 1 atom stereocenters. The molecule has 3 aromatic rings. The number of nitrogens with two attached hydrogens (primary N) is 1. The van der Waals surface area contributed by atoms with Crippen LogP contribution in [0.3, 0.4) is 0 Å². The van der Waals surface area contributed by atoms with Crippen LogP contribution in [-0.2, 0) is 27.7 Å². The zero-order valence-corrected chi connectivity index (χ0v) is 20.7. The summed E-state index contributed by atoms with van der Waals surface area (Å²) >= 11 is 0. The van der Waals surface area contributed by atoms with E-state index in [9.17, 15) is 8.42 Å². The summed E-state index contributed by atoms with van der Waals surface area (Å²) in [6.45, 7) is 0.808. The first kappa shape index (κ1) is 24.3. The first-order chi connectivity index (χ1) is 16.4. The Labute approximate surface area is 203 Å². The van der Waals surface area contributed by atoms with Gasteiger partial charge in [0.15, 0.2) is 0 Å². The lowest BCUT2D eigenvalue weighted by Crippen LogP contribution is -2.54. The molecule has 0 aliphatic carbocycles. The van der Waals surface area contributed by atoms with Gasteiger partial charge >= 0.3 is 0 Å². The van der Waals surface area contributed by atoms with Crippen molar-refractivity contribution in [2.75, 3.05) is 25.0 Å². The Balaban J connectivity index is 1.69. The molecule has 34 heavy (non-hydrogen) atoms. The molecule has 1 aliphatic heterocycles. The lowest BCUT2D eigenvalue weighted by molar-refractivity contribution is 0.0421. The Bertz CT molecular complexity index is 1200. The number of hydrogen-bond donors (Lipinski definition) is 1. The van der Waals surface area contributed by atoms with Gasteiger partial charge in [-0.2, -0.15) is 0 Å². The Morgan fingerprint density at radius 2 is 1.68 bits per heavy atom. The molecule has 1 saturated heterocycles. The molecule has 0 aromatic heterocycles. The monoisotopic (exact) mass is 479 g/mol. The van der Waals surface area contributed by atoms with Crippen molar-refractivity contribution in [1.82, 2.24) is 5.01 Å². The summed E-state index contributed by atoms with van der Waals surface area (Å²) in [6, 6.07) is 25.1. The Morgan fingerprint density at radius 3 is 2.32 bits per heavy atom. The van der Waals surface area contributed by atoms with Crippen LogP contribution in [0.2, 0.25) is 0 Å². The molecular weight excluding hydrogens is 446 g/mol. The van der Waals surface area contributed by atoms with E-state index in [1.807, 2.05) is 65.7 Å². The predicted molar refractivity (Wildman–Crippen MR) is 137 cm³/mol. The topological polar surface area (TPSA) is 75.9 Å². The summed E-state index contributed by atoms with van der Waals surface area (Å²) in [5.41, 5.74) is 3.08. The lowest BCUT2D eigenvalue weighted by Gasteiger charge is -2.45. The molecule has 2 N–H and O–H groups in total. The highest BCUT2D eigenvalue weighted by Gasteiger charge is 2.40. The Hall–Kier alpha value is -2.87. The number of ether oxygens (including phenoxy) is 1. The van der Waals surface area contributed by atoms with Crippen molar-refractivity contribution in [3.63, 3.8) is 0 Å². The van der Waals surface area contributed by atoms with E-state index < -0.39 is 10.0 Å². The summed E-state index contributed by atoms with van der Waals surface area (Å²) in [5.74, 6) is 7.29.